The highest BCUT2D eigenvalue weighted by Gasteiger charge is 2.17. The molecule has 0 bridgehead atoms. The predicted octanol–water partition coefficient (Wildman–Crippen LogP) is 2.24. The molecule has 0 unspecified atom stereocenters. The lowest BCUT2D eigenvalue weighted by Crippen LogP contribution is -2.03. The lowest BCUT2D eigenvalue weighted by atomic mass is 10.1. The van der Waals surface area contributed by atoms with Crippen LogP contribution in [0.25, 0.3) is 0 Å². The maximum atomic E-state index is 11.2. The first-order valence-corrected chi connectivity index (χ1v) is 4.91. The smallest absolute Gasteiger partial charge is 0.350 e. The number of nitrogens with two attached hydrogens (primary N) is 1. The van der Waals surface area contributed by atoms with E-state index in [9.17, 15) is 4.79 Å². The topological polar surface area (TPSA) is 52.3 Å². The summed E-state index contributed by atoms with van der Waals surface area (Å²) in [6.07, 6.45) is 0. The van der Waals surface area contributed by atoms with Crippen LogP contribution >= 0.6 is 11.3 Å². The first kappa shape index (κ1) is 10.1. The van der Waals surface area contributed by atoms with Crippen molar-refractivity contribution in [3.63, 3.8) is 0 Å². The van der Waals surface area contributed by atoms with E-state index in [0.717, 1.165) is 5.56 Å². The van der Waals surface area contributed by atoms with Crippen molar-refractivity contribution in [3.8, 4) is 0 Å². The van der Waals surface area contributed by atoms with Gasteiger partial charge in [0.05, 0.1) is 12.8 Å². The molecule has 0 atom stereocenters. The minimum atomic E-state index is -0.352. The Hall–Kier alpha value is -1.03. The third kappa shape index (κ3) is 1.83. The Morgan fingerprint density at radius 3 is 2.62 bits per heavy atom. The van der Waals surface area contributed by atoms with Gasteiger partial charge in [-0.3, -0.25) is 0 Å². The highest BCUT2D eigenvalue weighted by Crippen LogP contribution is 2.31. The fraction of sp³-hybridized carbons (Fsp3) is 0.444. The van der Waals surface area contributed by atoms with E-state index in [2.05, 4.69) is 4.74 Å². The van der Waals surface area contributed by atoms with E-state index in [4.69, 9.17) is 5.73 Å². The third-order valence-electron chi connectivity index (χ3n) is 1.85. The summed E-state index contributed by atoms with van der Waals surface area (Å²) in [5.74, 6) is -0.0101. The van der Waals surface area contributed by atoms with Gasteiger partial charge >= 0.3 is 5.97 Å². The number of nitrogen functional groups attached to an aromatic ring is 1. The molecule has 0 radical (unpaired) electrons. The second kappa shape index (κ2) is 3.79. The molecule has 4 heteroatoms. The molecule has 0 saturated heterocycles. The highest BCUT2D eigenvalue weighted by molar-refractivity contribution is 7.12. The van der Waals surface area contributed by atoms with Crippen molar-refractivity contribution in [2.45, 2.75) is 19.8 Å². The number of rotatable bonds is 2. The molecule has 13 heavy (non-hydrogen) atoms. The summed E-state index contributed by atoms with van der Waals surface area (Å²) >= 11 is 1.34. The Morgan fingerprint density at radius 1 is 1.62 bits per heavy atom. The second-order valence-corrected chi connectivity index (χ2v) is 3.96. The van der Waals surface area contributed by atoms with E-state index in [1.165, 1.54) is 18.4 Å². The van der Waals surface area contributed by atoms with Crippen LogP contribution in [0.5, 0.6) is 0 Å². The average Bonchev–Trinajstić information content (AvgIpc) is 2.46. The molecule has 3 nitrogen and oxygen atoms in total. The number of anilines is 1. The fourth-order valence-corrected chi connectivity index (χ4v) is 2.15. The van der Waals surface area contributed by atoms with Gasteiger partial charge in [-0.2, -0.15) is 0 Å². The quantitative estimate of drug-likeness (QED) is 0.743. The molecule has 0 aliphatic rings. The molecule has 0 amide bonds. The number of carbonyl (C=O) groups excluding carboxylic acids is 1. The van der Waals surface area contributed by atoms with Crippen LogP contribution in [0.15, 0.2) is 5.38 Å². The van der Waals surface area contributed by atoms with Gasteiger partial charge in [-0.1, -0.05) is 13.8 Å². The molecule has 0 aromatic carbocycles. The zero-order valence-corrected chi connectivity index (χ0v) is 8.77. The van der Waals surface area contributed by atoms with Gasteiger partial charge in [-0.05, 0) is 16.9 Å². The number of hydrogen-bond donors (Lipinski definition) is 1. The van der Waals surface area contributed by atoms with Crippen molar-refractivity contribution in [2.75, 3.05) is 12.8 Å². The second-order valence-electron chi connectivity index (χ2n) is 3.08. The molecule has 1 aromatic rings. The fourth-order valence-electron chi connectivity index (χ4n) is 1.08. The summed E-state index contributed by atoms with van der Waals surface area (Å²) in [6, 6.07) is 0. The molecule has 1 heterocycles. The van der Waals surface area contributed by atoms with Crippen molar-refractivity contribution in [2.24, 2.45) is 0 Å². The molecule has 72 valence electrons. The van der Waals surface area contributed by atoms with E-state index in [-0.39, 0.29) is 5.97 Å². The summed E-state index contributed by atoms with van der Waals surface area (Å²) < 4.78 is 4.60. The molecule has 1 rings (SSSR count). The van der Waals surface area contributed by atoms with E-state index in [1.807, 2.05) is 19.2 Å². The summed E-state index contributed by atoms with van der Waals surface area (Å²) in [5.41, 5.74) is 7.37. The van der Waals surface area contributed by atoms with Crippen LogP contribution in [0.4, 0.5) is 5.69 Å². The zero-order valence-electron chi connectivity index (χ0n) is 7.96. The van der Waals surface area contributed by atoms with E-state index in [1.54, 1.807) is 0 Å². The standard InChI is InChI=1S/C9H13NO2S/c1-5(2)6-4-13-8(7(6)10)9(11)12-3/h4-5H,10H2,1-3H3. The Morgan fingerprint density at radius 2 is 2.23 bits per heavy atom. The monoisotopic (exact) mass is 199 g/mol. The van der Waals surface area contributed by atoms with E-state index in [0.29, 0.717) is 16.5 Å². The van der Waals surface area contributed by atoms with Crippen LogP contribution in [-0.2, 0) is 4.74 Å². The van der Waals surface area contributed by atoms with Crippen LogP contribution < -0.4 is 5.73 Å². The summed E-state index contributed by atoms with van der Waals surface area (Å²) in [5, 5.41) is 1.91. The largest absolute Gasteiger partial charge is 0.465 e. The number of methoxy groups -OCH3 is 1. The van der Waals surface area contributed by atoms with E-state index < -0.39 is 0 Å². The molecule has 0 spiro atoms. The SMILES string of the molecule is COC(=O)c1scc(C(C)C)c1N. The molecule has 0 saturated carbocycles. The van der Waals surface area contributed by atoms with Crippen LogP contribution in [0.1, 0.15) is 35.0 Å². The minimum Gasteiger partial charge on any atom is -0.465 e. The van der Waals surface area contributed by atoms with Crippen molar-refractivity contribution < 1.29 is 9.53 Å². The number of thiophene rings is 1. The van der Waals surface area contributed by atoms with Gasteiger partial charge in [0.2, 0.25) is 0 Å². The van der Waals surface area contributed by atoms with Crippen molar-refractivity contribution in [1.82, 2.24) is 0 Å². The number of carbonyl (C=O) groups is 1. The molecule has 0 aliphatic carbocycles. The van der Waals surface area contributed by atoms with Crippen LogP contribution in [-0.4, -0.2) is 13.1 Å². The van der Waals surface area contributed by atoms with Gasteiger partial charge < -0.3 is 10.5 Å². The van der Waals surface area contributed by atoms with Gasteiger partial charge in [0.25, 0.3) is 0 Å². The number of ether oxygens (including phenoxy) is 1. The summed E-state index contributed by atoms with van der Waals surface area (Å²) in [4.78, 5) is 11.7. The molecular formula is C9H13NO2S. The first-order chi connectivity index (χ1) is 6.07. The maximum absolute atomic E-state index is 11.2. The Balaban J connectivity index is 3.06. The molecule has 1 aromatic heterocycles. The Labute approximate surface area is 81.5 Å². The van der Waals surface area contributed by atoms with Crippen molar-refractivity contribution in [1.29, 1.82) is 0 Å². The van der Waals surface area contributed by atoms with Crippen LogP contribution in [0.3, 0.4) is 0 Å². The Bertz CT molecular complexity index is 317. The summed E-state index contributed by atoms with van der Waals surface area (Å²) in [6.45, 7) is 4.08. The van der Waals surface area contributed by atoms with Gasteiger partial charge in [0.1, 0.15) is 4.88 Å². The van der Waals surface area contributed by atoms with Crippen molar-refractivity contribution in [3.05, 3.63) is 15.8 Å². The molecule has 0 aliphatic heterocycles. The van der Waals surface area contributed by atoms with Crippen LogP contribution in [0.2, 0.25) is 0 Å². The van der Waals surface area contributed by atoms with Gasteiger partial charge in [-0.25, -0.2) is 4.79 Å². The summed E-state index contributed by atoms with van der Waals surface area (Å²) in [7, 11) is 1.36. The van der Waals surface area contributed by atoms with Gasteiger partial charge in [0, 0.05) is 0 Å². The third-order valence-corrected chi connectivity index (χ3v) is 2.85. The maximum Gasteiger partial charge on any atom is 0.350 e. The molecular weight excluding hydrogens is 186 g/mol. The van der Waals surface area contributed by atoms with Gasteiger partial charge in [-0.15, -0.1) is 11.3 Å². The predicted molar refractivity (Wildman–Crippen MR) is 54.2 cm³/mol. The number of hydrogen-bond acceptors (Lipinski definition) is 4. The van der Waals surface area contributed by atoms with E-state index >= 15 is 0 Å². The minimum absolute atomic E-state index is 0.342. The average molecular weight is 199 g/mol. The lowest BCUT2D eigenvalue weighted by molar-refractivity contribution is 0.0607. The number of esters is 1. The normalized spacial score (nSPS) is 10.5. The van der Waals surface area contributed by atoms with Crippen molar-refractivity contribution >= 4 is 23.0 Å². The van der Waals surface area contributed by atoms with Crippen LogP contribution in [0, 0.1) is 0 Å². The molecule has 2 N–H and O–H groups in total. The highest BCUT2D eigenvalue weighted by atomic mass is 32.1. The molecule has 0 fully saturated rings. The van der Waals surface area contributed by atoms with Gasteiger partial charge in [0.15, 0.2) is 0 Å². The first-order valence-electron chi connectivity index (χ1n) is 4.03. The Kier molecular flexibility index (Phi) is 2.93. The zero-order chi connectivity index (χ0) is 10.0. The lowest BCUT2D eigenvalue weighted by Gasteiger charge is -2.03.